The van der Waals surface area contributed by atoms with Crippen molar-refractivity contribution in [2.75, 3.05) is 0 Å². The molecule has 5 heteroatoms. The number of amides is 1. The van der Waals surface area contributed by atoms with Crippen LogP contribution in [0.5, 0.6) is 5.88 Å². The lowest BCUT2D eigenvalue weighted by atomic mass is 10.2. The molecule has 0 spiro atoms. The first-order chi connectivity index (χ1) is 6.15. The highest BCUT2D eigenvalue weighted by atomic mass is 16.5. The Morgan fingerprint density at radius 1 is 1.77 bits per heavy atom. The molecule has 0 saturated heterocycles. The van der Waals surface area contributed by atoms with Crippen molar-refractivity contribution in [3.05, 3.63) is 11.8 Å². The van der Waals surface area contributed by atoms with Gasteiger partial charge in [0.1, 0.15) is 11.8 Å². The lowest BCUT2D eigenvalue weighted by molar-refractivity contribution is 0.0934. The average Bonchev–Trinajstić information content (AvgIpc) is 2.51. The van der Waals surface area contributed by atoms with Gasteiger partial charge in [0.05, 0.1) is 0 Å². The molecule has 1 rings (SSSR count). The van der Waals surface area contributed by atoms with Crippen LogP contribution in [0.2, 0.25) is 0 Å². The van der Waals surface area contributed by atoms with Crippen LogP contribution in [0.4, 0.5) is 0 Å². The Balaban J connectivity index is 2.64. The Labute approximate surface area is 75.7 Å². The van der Waals surface area contributed by atoms with Crippen molar-refractivity contribution < 1.29 is 14.4 Å². The summed E-state index contributed by atoms with van der Waals surface area (Å²) in [5.74, 6) is -1.05. The third kappa shape index (κ3) is 2.21. The largest absolute Gasteiger partial charge is 0.360 e. The molecule has 0 fully saturated rings. The maximum Gasteiger partial charge on any atom is 0.321 e. The van der Waals surface area contributed by atoms with Crippen molar-refractivity contribution in [2.24, 2.45) is 0 Å². The molecule has 0 aliphatic heterocycles. The number of carbonyl (C=O) groups excluding carboxylic acids is 1. The van der Waals surface area contributed by atoms with Crippen LogP contribution in [0, 0.1) is 0 Å². The number of carbonyl (C=O) groups is 1. The van der Waals surface area contributed by atoms with Gasteiger partial charge >= 0.3 is 5.88 Å². The highest BCUT2D eigenvalue weighted by Gasteiger charge is 2.17. The molecule has 0 aromatic carbocycles. The minimum absolute atomic E-state index is 0.0414. The van der Waals surface area contributed by atoms with E-state index in [1.165, 1.54) is 0 Å². The van der Waals surface area contributed by atoms with Gasteiger partial charge in [0.25, 0.3) is 5.91 Å². The van der Waals surface area contributed by atoms with Gasteiger partial charge in [-0.05, 0) is 18.5 Å². The number of rotatable bonds is 3. The second kappa shape index (κ2) is 3.93. The minimum atomic E-state index is -0.624. The van der Waals surface area contributed by atoms with Gasteiger partial charge in [-0.2, -0.15) is 0 Å². The molecule has 5 nitrogen and oxygen atoms in total. The summed E-state index contributed by atoms with van der Waals surface area (Å²) in [6.07, 6.45) is 1.87. The van der Waals surface area contributed by atoms with Gasteiger partial charge in [-0.3, -0.25) is 9.90 Å². The average molecular weight is 183 g/mol. The van der Waals surface area contributed by atoms with E-state index in [0.717, 1.165) is 12.7 Å². The monoisotopic (exact) mass is 183 g/mol. The Kier molecular flexibility index (Phi) is 2.89. The van der Waals surface area contributed by atoms with Crippen molar-refractivity contribution in [2.45, 2.75) is 26.3 Å². The standard InChI is InChI=1S/C8H11N2O3/c1-3-5(2)9-7(11)6-4-13-10-8(6)12/h4-5H,3H2,1-2H3,(H,9,11). The lowest BCUT2D eigenvalue weighted by Crippen LogP contribution is -2.31. The van der Waals surface area contributed by atoms with Crippen LogP contribution >= 0.6 is 0 Å². The first kappa shape index (κ1) is 9.57. The summed E-state index contributed by atoms with van der Waals surface area (Å²) in [7, 11) is 0. The van der Waals surface area contributed by atoms with E-state index in [9.17, 15) is 9.90 Å². The zero-order valence-electron chi connectivity index (χ0n) is 7.53. The number of nitrogens with one attached hydrogen (secondary N) is 1. The number of nitrogens with zero attached hydrogens (tertiary/aromatic N) is 1. The van der Waals surface area contributed by atoms with Crippen LogP contribution in [0.25, 0.3) is 0 Å². The SMILES string of the molecule is CCC(C)NC(=O)c1conc1[O]. The topological polar surface area (TPSA) is 75.0 Å². The van der Waals surface area contributed by atoms with Crippen LogP contribution in [0.15, 0.2) is 10.8 Å². The molecule has 1 radical (unpaired) electrons. The first-order valence-electron chi connectivity index (χ1n) is 4.07. The van der Waals surface area contributed by atoms with Crippen molar-refractivity contribution in [1.82, 2.24) is 10.5 Å². The van der Waals surface area contributed by atoms with E-state index in [2.05, 4.69) is 15.0 Å². The predicted octanol–water partition coefficient (Wildman–Crippen LogP) is 1.35. The Hall–Kier alpha value is -1.52. The third-order valence-corrected chi connectivity index (χ3v) is 1.77. The Morgan fingerprint density at radius 3 is 2.92 bits per heavy atom. The molecule has 1 N–H and O–H groups in total. The van der Waals surface area contributed by atoms with E-state index in [0.29, 0.717) is 0 Å². The molecule has 0 bridgehead atoms. The molecule has 0 aliphatic carbocycles. The predicted molar refractivity (Wildman–Crippen MR) is 43.9 cm³/mol. The van der Waals surface area contributed by atoms with Crippen molar-refractivity contribution in [1.29, 1.82) is 0 Å². The zero-order chi connectivity index (χ0) is 9.84. The molecule has 1 aromatic rings. The van der Waals surface area contributed by atoms with E-state index in [1.54, 1.807) is 0 Å². The van der Waals surface area contributed by atoms with Crippen molar-refractivity contribution in [3.8, 4) is 5.88 Å². The molecule has 0 saturated carbocycles. The van der Waals surface area contributed by atoms with Crippen molar-refractivity contribution in [3.63, 3.8) is 0 Å². The smallest absolute Gasteiger partial charge is 0.321 e. The maximum atomic E-state index is 11.3. The second-order valence-electron chi connectivity index (χ2n) is 2.82. The number of aromatic nitrogens is 1. The summed E-state index contributed by atoms with van der Waals surface area (Å²) in [6.45, 7) is 3.80. The highest BCUT2D eigenvalue weighted by molar-refractivity contribution is 5.95. The highest BCUT2D eigenvalue weighted by Crippen LogP contribution is 2.13. The molecule has 1 atom stereocenters. The van der Waals surface area contributed by atoms with Crippen LogP contribution < -0.4 is 5.32 Å². The molecule has 13 heavy (non-hydrogen) atoms. The molecule has 0 aliphatic rings. The van der Waals surface area contributed by atoms with Crippen molar-refractivity contribution >= 4 is 5.91 Å². The Morgan fingerprint density at radius 2 is 2.46 bits per heavy atom. The molecular formula is C8H11N2O3. The summed E-state index contributed by atoms with van der Waals surface area (Å²) >= 11 is 0. The molecular weight excluding hydrogens is 172 g/mol. The quantitative estimate of drug-likeness (QED) is 0.768. The molecule has 1 aromatic heterocycles. The lowest BCUT2D eigenvalue weighted by Gasteiger charge is -2.08. The van der Waals surface area contributed by atoms with Gasteiger partial charge in [0, 0.05) is 6.04 Å². The van der Waals surface area contributed by atoms with Gasteiger partial charge in [0.15, 0.2) is 0 Å². The summed E-state index contributed by atoms with van der Waals surface area (Å²) in [5, 5.41) is 16.6. The molecule has 1 unspecified atom stereocenters. The normalized spacial score (nSPS) is 12.5. The van der Waals surface area contributed by atoms with Gasteiger partial charge in [-0.25, -0.2) is 0 Å². The van der Waals surface area contributed by atoms with Gasteiger partial charge < -0.3 is 9.84 Å². The first-order valence-corrected chi connectivity index (χ1v) is 4.07. The minimum Gasteiger partial charge on any atom is -0.360 e. The third-order valence-electron chi connectivity index (χ3n) is 1.77. The van der Waals surface area contributed by atoms with Crippen LogP contribution in [0.3, 0.4) is 0 Å². The summed E-state index contributed by atoms with van der Waals surface area (Å²) in [6, 6.07) is 0.0433. The van der Waals surface area contributed by atoms with E-state index in [1.807, 2.05) is 13.8 Å². The maximum absolute atomic E-state index is 11.3. The van der Waals surface area contributed by atoms with E-state index in [-0.39, 0.29) is 11.6 Å². The van der Waals surface area contributed by atoms with Crippen LogP contribution in [-0.4, -0.2) is 17.1 Å². The van der Waals surface area contributed by atoms with E-state index in [4.69, 9.17) is 0 Å². The molecule has 1 amide bonds. The van der Waals surface area contributed by atoms with Crippen LogP contribution in [0.1, 0.15) is 30.6 Å². The van der Waals surface area contributed by atoms with Gasteiger partial charge in [-0.1, -0.05) is 6.92 Å². The fraction of sp³-hybridized carbons (Fsp3) is 0.500. The van der Waals surface area contributed by atoms with E-state index >= 15 is 0 Å². The summed E-state index contributed by atoms with van der Waals surface area (Å²) in [5.41, 5.74) is -0.0414. The fourth-order valence-electron chi connectivity index (χ4n) is 0.781. The number of hydrogen-bond donors (Lipinski definition) is 1. The van der Waals surface area contributed by atoms with Crippen LogP contribution in [-0.2, 0) is 5.11 Å². The van der Waals surface area contributed by atoms with Gasteiger partial charge in [0.2, 0.25) is 0 Å². The second-order valence-corrected chi connectivity index (χ2v) is 2.82. The summed E-state index contributed by atoms with van der Waals surface area (Å²) < 4.78 is 4.36. The summed E-state index contributed by atoms with van der Waals surface area (Å²) in [4.78, 5) is 11.3. The fourth-order valence-corrected chi connectivity index (χ4v) is 0.781. The molecule has 71 valence electrons. The number of hydrogen-bond acceptors (Lipinski definition) is 3. The van der Waals surface area contributed by atoms with E-state index < -0.39 is 11.8 Å². The van der Waals surface area contributed by atoms with Gasteiger partial charge in [-0.15, -0.1) is 0 Å². The zero-order valence-corrected chi connectivity index (χ0v) is 7.53. The Bertz CT molecular complexity index is 295. The molecule has 1 heterocycles.